The standard InChI is InChI=1S/C23H22N2O5/c1-14-11-17-8-4-6-10-19(17)25(14)22(28)15(2)30-21(27)13-24-20(26)12-16-7-3-5-9-18(16)23(24)29/h3-10,14-15H,11-13H2,1-2H3/t14-,15-/m1/s1. The summed E-state index contributed by atoms with van der Waals surface area (Å²) in [5.41, 5.74) is 2.93. The zero-order valence-electron chi connectivity index (χ0n) is 16.8. The van der Waals surface area contributed by atoms with Gasteiger partial charge in [0.05, 0.1) is 6.42 Å². The summed E-state index contributed by atoms with van der Waals surface area (Å²) in [6.45, 7) is 2.92. The summed E-state index contributed by atoms with van der Waals surface area (Å²) in [6, 6.07) is 14.4. The van der Waals surface area contributed by atoms with Crippen LogP contribution in [-0.4, -0.2) is 47.3 Å². The van der Waals surface area contributed by atoms with Gasteiger partial charge < -0.3 is 9.64 Å². The Labute approximate surface area is 174 Å². The lowest BCUT2D eigenvalue weighted by Crippen LogP contribution is -2.47. The number of anilines is 1. The van der Waals surface area contributed by atoms with Gasteiger partial charge in [0.1, 0.15) is 6.54 Å². The Bertz CT molecular complexity index is 1050. The molecule has 0 bridgehead atoms. The molecule has 0 radical (unpaired) electrons. The summed E-state index contributed by atoms with van der Waals surface area (Å²) in [4.78, 5) is 52.8. The maximum Gasteiger partial charge on any atom is 0.326 e. The van der Waals surface area contributed by atoms with E-state index >= 15 is 0 Å². The number of imide groups is 1. The number of carbonyl (C=O) groups excluding carboxylic acids is 4. The van der Waals surface area contributed by atoms with Crippen molar-refractivity contribution >= 4 is 29.4 Å². The quantitative estimate of drug-likeness (QED) is 0.574. The fourth-order valence-electron chi connectivity index (χ4n) is 4.07. The van der Waals surface area contributed by atoms with Gasteiger partial charge in [0.2, 0.25) is 5.91 Å². The molecular formula is C23H22N2O5. The average molecular weight is 406 g/mol. The van der Waals surface area contributed by atoms with Crippen LogP contribution in [0.1, 0.15) is 35.3 Å². The van der Waals surface area contributed by atoms with Crippen LogP contribution in [-0.2, 0) is 32.0 Å². The van der Waals surface area contributed by atoms with Crippen molar-refractivity contribution in [1.82, 2.24) is 4.90 Å². The van der Waals surface area contributed by atoms with E-state index in [-0.39, 0.29) is 18.4 Å². The van der Waals surface area contributed by atoms with Crippen molar-refractivity contribution in [1.29, 1.82) is 0 Å². The number of rotatable bonds is 4. The summed E-state index contributed by atoms with van der Waals surface area (Å²) in [7, 11) is 0. The number of carbonyl (C=O) groups is 4. The molecule has 2 atom stereocenters. The Morgan fingerprint density at radius 1 is 1.07 bits per heavy atom. The summed E-state index contributed by atoms with van der Waals surface area (Å²) in [6.07, 6.45) is -0.252. The van der Waals surface area contributed by atoms with E-state index in [1.54, 1.807) is 29.2 Å². The third kappa shape index (κ3) is 3.47. The van der Waals surface area contributed by atoms with Crippen molar-refractivity contribution in [2.45, 2.75) is 38.8 Å². The van der Waals surface area contributed by atoms with Crippen molar-refractivity contribution in [2.75, 3.05) is 11.4 Å². The minimum Gasteiger partial charge on any atom is -0.451 e. The molecule has 0 aliphatic carbocycles. The zero-order valence-corrected chi connectivity index (χ0v) is 16.8. The molecule has 154 valence electrons. The maximum absolute atomic E-state index is 12.9. The predicted molar refractivity (Wildman–Crippen MR) is 109 cm³/mol. The highest BCUT2D eigenvalue weighted by Crippen LogP contribution is 2.32. The first-order valence-corrected chi connectivity index (χ1v) is 9.90. The van der Waals surface area contributed by atoms with Gasteiger partial charge in [-0.1, -0.05) is 36.4 Å². The molecule has 2 heterocycles. The largest absolute Gasteiger partial charge is 0.451 e. The molecule has 0 saturated carbocycles. The van der Waals surface area contributed by atoms with Crippen LogP contribution in [0.4, 0.5) is 5.69 Å². The molecular weight excluding hydrogens is 384 g/mol. The van der Waals surface area contributed by atoms with Crippen LogP contribution in [0.5, 0.6) is 0 Å². The van der Waals surface area contributed by atoms with E-state index in [0.717, 1.165) is 22.6 Å². The summed E-state index contributed by atoms with van der Waals surface area (Å²) >= 11 is 0. The lowest BCUT2D eigenvalue weighted by molar-refractivity contribution is -0.156. The molecule has 2 aliphatic heterocycles. The number of fused-ring (bicyclic) bond motifs is 2. The van der Waals surface area contributed by atoms with Gasteiger partial charge in [0.25, 0.3) is 11.8 Å². The van der Waals surface area contributed by atoms with Crippen LogP contribution in [0.3, 0.4) is 0 Å². The van der Waals surface area contributed by atoms with Gasteiger partial charge in [-0.3, -0.25) is 24.1 Å². The summed E-state index contributed by atoms with van der Waals surface area (Å²) in [5, 5.41) is 0. The van der Waals surface area contributed by atoms with Crippen LogP contribution in [0.15, 0.2) is 48.5 Å². The Kier molecular flexibility index (Phi) is 5.11. The van der Waals surface area contributed by atoms with Crippen LogP contribution in [0, 0.1) is 0 Å². The molecule has 4 rings (SSSR count). The minimum absolute atomic E-state index is 0.0437. The highest BCUT2D eigenvalue weighted by molar-refractivity contribution is 6.11. The smallest absolute Gasteiger partial charge is 0.326 e. The topological polar surface area (TPSA) is 84.0 Å². The van der Waals surface area contributed by atoms with Crippen LogP contribution in [0.2, 0.25) is 0 Å². The van der Waals surface area contributed by atoms with Gasteiger partial charge in [-0.2, -0.15) is 0 Å². The first kappa shape index (κ1) is 19.8. The van der Waals surface area contributed by atoms with Gasteiger partial charge in [-0.25, -0.2) is 0 Å². The second kappa shape index (κ2) is 7.74. The molecule has 7 nitrogen and oxygen atoms in total. The molecule has 7 heteroatoms. The lowest BCUT2D eigenvalue weighted by Gasteiger charge is -2.28. The van der Waals surface area contributed by atoms with Crippen molar-refractivity contribution < 1.29 is 23.9 Å². The number of ether oxygens (including phenoxy) is 1. The first-order valence-electron chi connectivity index (χ1n) is 9.90. The van der Waals surface area contributed by atoms with Crippen molar-refractivity contribution in [3.63, 3.8) is 0 Å². The van der Waals surface area contributed by atoms with E-state index in [4.69, 9.17) is 4.74 Å². The highest BCUT2D eigenvalue weighted by atomic mass is 16.5. The van der Waals surface area contributed by atoms with Crippen LogP contribution >= 0.6 is 0 Å². The maximum atomic E-state index is 12.9. The molecule has 3 amide bonds. The molecule has 2 aliphatic rings. The van der Waals surface area contributed by atoms with E-state index in [1.165, 1.54) is 6.92 Å². The molecule has 2 aromatic carbocycles. The van der Waals surface area contributed by atoms with Gasteiger partial charge >= 0.3 is 5.97 Å². The number of benzene rings is 2. The number of para-hydroxylation sites is 1. The lowest BCUT2D eigenvalue weighted by atomic mass is 9.98. The Morgan fingerprint density at radius 3 is 2.50 bits per heavy atom. The third-order valence-corrected chi connectivity index (χ3v) is 5.52. The van der Waals surface area contributed by atoms with Crippen molar-refractivity contribution in [2.24, 2.45) is 0 Å². The second-order valence-corrected chi connectivity index (χ2v) is 7.64. The molecule has 0 saturated heterocycles. The molecule has 0 fully saturated rings. The highest BCUT2D eigenvalue weighted by Gasteiger charge is 2.36. The fraction of sp³-hybridized carbons (Fsp3) is 0.304. The van der Waals surface area contributed by atoms with Gasteiger partial charge in [0.15, 0.2) is 6.10 Å². The van der Waals surface area contributed by atoms with Gasteiger partial charge in [-0.05, 0) is 43.5 Å². The third-order valence-electron chi connectivity index (χ3n) is 5.52. The van der Waals surface area contributed by atoms with Crippen molar-refractivity contribution in [3.8, 4) is 0 Å². The number of nitrogens with zero attached hydrogens (tertiary/aromatic N) is 2. The minimum atomic E-state index is -1.03. The molecule has 0 unspecified atom stereocenters. The van der Waals surface area contributed by atoms with E-state index in [9.17, 15) is 19.2 Å². The van der Waals surface area contributed by atoms with Crippen molar-refractivity contribution in [3.05, 3.63) is 65.2 Å². The van der Waals surface area contributed by atoms with Gasteiger partial charge in [0, 0.05) is 17.3 Å². The summed E-state index contributed by atoms with van der Waals surface area (Å²) in [5.74, 6) is -2.11. The average Bonchev–Trinajstić information content (AvgIpc) is 3.06. The Morgan fingerprint density at radius 2 is 1.73 bits per heavy atom. The normalized spacial score (nSPS) is 18.7. The van der Waals surface area contributed by atoms with Crippen LogP contribution in [0.25, 0.3) is 0 Å². The number of hydrogen-bond acceptors (Lipinski definition) is 5. The SMILES string of the molecule is C[C@@H]1Cc2ccccc2N1C(=O)[C@@H](C)OC(=O)CN1C(=O)Cc2ccccc2C1=O. The van der Waals surface area contributed by atoms with E-state index < -0.39 is 30.4 Å². The van der Waals surface area contributed by atoms with E-state index in [1.807, 2.05) is 31.2 Å². The summed E-state index contributed by atoms with van der Waals surface area (Å²) < 4.78 is 5.30. The molecule has 0 spiro atoms. The predicted octanol–water partition coefficient (Wildman–Crippen LogP) is 2.12. The Hall–Kier alpha value is -3.48. The molecule has 0 aromatic heterocycles. The fourth-order valence-corrected chi connectivity index (χ4v) is 4.07. The Balaban J connectivity index is 1.43. The monoisotopic (exact) mass is 406 g/mol. The van der Waals surface area contributed by atoms with Gasteiger partial charge in [-0.15, -0.1) is 0 Å². The number of amides is 3. The molecule has 0 N–H and O–H groups in total. The number of esters is 1. The number of hydrogen-bond donors (Lipinski definition) is 0. The second-order valence-electron chi connectivity index (χ2n) is 7.64. The van der Waals surface area contributed by atoms with E-state index in [2.05, 4.69) is 0 Å². The van der Waals surface area contributed by atoms with E-state index in [0.29, 0.717) is 11.1 Å². The molecule has 2 aromatic rings. The molecule has 30 heavy (non-hydrogen) atoms. The zero-order chi connectivity index (χ0) is 21.4. The van der Waals surface area contributed by atoms with Crippen LogP contribution < -0.4 is 4.90 Å². The first-order chi connectivity index (χ1) is 14.4.